The normalized spacial score (nSPS) is 11.3. The number of nitrogens with one attached hydrogen (secondary N) is 1. The summed E-state index contributed by atoms with van der Waals surface area (Å²) in [7, 11) is 0. The van der Waals surface area contributed by atoms with Gasteiger partial charge in [-0.15, -0.1) is 0 Å². The summed E-state index contributed by atoms with van der Waals surface area (Å²) in [6, 6.07) is 15.9. The Hall–Kier alpha value is -2.94. The number of rotatable bonds is 4. The van der Waals surface area contributed by atoms with E-state index in [0.717, 1.165) is 22.0 Å². The van der Waals surface area contributed by atoms with Gasteiger partial charge >= 0.3 is 0 Å². The van der Waals surface area contributed by atoms with Gasteiger partial charge in [0.1, 0.15) is 0 Å². The average Bonchev–Trinajstić information content (AvgIpc) is 2.61. The molecule has 1 N–H and O–H groups in total. The van der Waals surface area contributed by atoms with E-state index in [2.05, 4.69) is 36.3 Å². The zero-order valence-corrected chi connectivity index (χ0v) is 13.9. The summed E-state index contributed by atoms with van der Waals surface area (Å²) in [6.07, 6.45) is 6.90. The maximum atomic E-state index is 12.2. The number of hydrogen-bond acceptors (Lipinski definition) is 2. The van der Waals surface area contributed by atoms with E-state index in [1.165, 1.54) is 5.56 Å². The van der Waals surface area contributed by atoms with Crippen molar-refractivity contribution in [3.05, 3.63) is 78.1 Å². The maximum absolute atomic E-state index is 12.2. The first kappa shape index (κ1) is 15.9. The standard InChI is InChI=1S/C21H20N2O/c1-15(2)17-9-6-16(7-10-17)8-11-21(24)23-20-5-3-4-18-14-22-13-12-19(18)20/h3-15H,1-2H3,(H,23,24). The monoisotopic (exact) mass is 316 g/mol. The Morgan fingerprint density at radius 2 is 1.88 bits per heavy atom. The van der Waals surface area contributed by atoms with E-state index in [4.69, 9.17) is 0 Å². The lowest BCUT2D eigenvalue weighted by Crippen LogP contribution is -2.08. The second-order valence-electron chi connectivity index (χ2n) is 6.05. The first-order valence-electron chi connectivity index (χ1n) is 8.05. The van der Waals surface area contributed by atoms with Crippen LogP contribution in [0.4, 0.5) is 5.69 Å². The van der Waals surface area contributed by atoms with E-state index >= 15 is 0 Å². The van der Waals surface area contributed by atoms with Crippen LogP contribution in [0.1, 0.15) is 30.9 Å². The molecule has 0 radical (unpaired) electrons. The van der Waals surface area contributed by atoms with Gasteiger partial charge in [0.25, 0.3) is 0 Å². The number of carbonyl (C=O) groups is 1. The van der Waals surface area contributed by atoms with Crippen LogP contribution in [0.2, 0.25) is 0 Å². The molecular formula is C21H20N2O. The highest BCUT2D eigenvalue weighted by Crippen LogP contribution is 2.22. The number of benzene rings is 2. The smallest absolute Gasteiger partial charge is 0.248 e. The number of fused-ring (bicyclic) bond motifs is 1. The van der Waals surface area contributed by atoms with Gasteiger partial charge in [-0.2, -0.15) is 0 Å². The van der Waals surface area contributed by atoms with Crippen molar-refractivity contribution >= 4 is 28.4 Å². The van der Waals surface area contributed by atoms with Crippen molar-refractivity contribution in [2.75, 3.05) is 5.32 Å². The lowest BCUT2D eigenvalue weighted by atomic mass is 10.0. The molecule has 1 amide bonds. The Labute approximate surface area is 142 Å². The fourth-order valence-electron chi connectivity index (χ4n) is 2.57. The Balaban J connectivity index is 1.73. The SMILES string of the molecule is CC(C)c1ccc(C=CC(=O)Nc2cccc3cnccc23)cc1. The van der Waals surface area contributed by atoms with Gasteiger partial charge in [-0.25, -0.2) is 0 Å². The number of amides is 1. The summed E-state index contributed by atoms with van der Waals surface area (Å²) in [5, 5.41) is 4.92. The van der Waals surface area contributed by atoms with E-state index in [-0.39, 0.29) is 5.91 Å². The second-order valence-corrected chi connectivity index (χ2v) is 6.05. The average molecular weight is 316 g/mol. The summed E-state index contributed by atoms with van der Waals surface area (Å²) in [4.78, 5) is 16.3. The van der Waals surface area contributed by atoms with Gasteiger partial charge in [-0.3, -0.25) is 9.78 Å². The van der Waals surface area contributed by atoms with Crippen molar-refractivity contribution in [1.29, 1.82) is 0 Å². The van der Waals surface area contributed by atoms with Crippen LogP contribution in [0.15, 0.2) is 67.0 Å². The predicted octanol–water partition coefficient (Wildman–Crippen LogP) is 5.01. The molecule has 24 heavy (non-hydrogen) atoms. The van der Waals surface area contributed by atoms with Crippen LogP contribution in [-0.2, 0) is 4.79 Å². The molecule has 0 saturated carbocycles. The molecular weight excluding hydrogens is 296 g/mol. The van der Waals surface area contributed by atoms with Crippen molar-refractivity contribution in [3.8, 4) is 0 Å². The molecule has 0 aliphatic carbocycles. The van der Waals surface area contributed by atoms with Crippen LogP contribution in [0.3, 0.4) is 0 Å². The Kier molecular flexibility index (Phi) is 4.71. The fraction of sp³-hybridized carbons (Fsp3) is 0.143. The molecule has 1 aromatic heterocycles. The fourth-order valence-corrected chi connectivity index (χ4v) is 2.57. The molecule has 120 valence electrons. The van der Waals surface area contributed by atoms with Crippen molar-refractivity contribution in [3.63, 3.8) is 0 Å². The summed E-state index contributed by atoms with van der Waals surface area (Å²) in [5.74, 6) is 0.361. The predicted molar refractivity (Wildman–Crippen MR) is 99.9 cm³/mol. The molecule has 3 heteroatoms. The summed E-state index contributed by atoms with van der Waals surface area (Å²) in [5.41, 5.74) is 3.09. The maximum Gasteiger partial charge on any atom is 0.248 e. The van der Waals surface area contributed by atoms with E-state index < -0.39 is 0 Å². The molecule has 0 aliphatic heterocycles. The first-order valence-corrected chi connectivity index (χ1v) is 8.05. The van der Waals surface area contributed by atoms with E-state index in [0.29, 0.717) is 5.92 Å². The van der Waals surface area contributed by atoms with Crippen LogP contribution < -0.4 is 5.32 Å². The lowest BCUT2D eigenvalue weighted by Gasteiger charge is -2.06. The zero-order valence-electron chi connectivity index (χ0n) is 13.9. The summed E-state index contributed by atoms with van der Waals surface area (Å²) >= 11 is 0. The number of nitrogens with zero attached hydrogens (tertiary/aromatic N) is 1. The molecule has 3 aromatic rings. The topological polar surface area (TPSA) is 42.0 Å². The number of carbonyl (C=O) groups excluding carboxylic acids is 1. The first-order chi connectivity index (χ1) is 11.6. The number of hydrogen-bond donors (Lipinski definition) is 1. The highest BCUT2D eigenvalue weighted by Gasteiger charge is 2.03. The highest BCUT2D eigenvalue weighted by molar-refractivity contribution is 6.07. The molecule has 1 heterocycles. The Morgan fingerprint density at radius 1 is 1.08 bits per heavy atom. The summed E-state index contributed by atoms with van der Waals surface area (Å²) in [6.45, 7) is 4.33. The number of anilines is 1. The van der Waals surface area contributed by atoms with Gasteiger partial charge in [0.2, 0.25) is 5.91 Å². The Morgan fingerprint density at radius 3 is 2.62 bits per heavy atom. The highest BCUT2D eigenvalue weighted by atomic mass is 16.1. The van der Waals surface area contributed by atoms with Gasteiger partial charge in [-0.1, -0.05) is 50.2 Å². The van der Waals surface area contributed by atoms with Gasteiger partial charge < -0.3 is 5.32 Å². The third kappa shape index (κ3) is 3.69. The van der Waals surface area contributed by atoms with E-state index in [1.807, 2.05) is 42.5 Å². The third-order valence-electron chi connectivity index (χ3n) is 3.97. The zero-order chi connectivity index (χ0) is 16.9. The van der Waals surface area contributed by atoms with Crippen molar-refractivity contribution in [2.24, 2.45) is 0 Å². The largest absolute Gasteiger partial charge is 0.322 e. The quantitative estimate of drug-likeness (QED) is 0.687. The minimum absolute atomic E-state index is 0.146. The van der Waals surface area contributed by atoms with Crippen LogP contribution in [0.25, 0.3) is 16.8 Å². The number of pyridine rings is 1. The molecule has 0 aliphatic rings. The van der Waals surface area contributed by atoms with Crippen molar-refractivity contribution in [1.82, 2.24) is 4.98 Å². The van der Waals surface area contributed by atoms with Crippen molar-refractivity contribution < 1.29 is 4.79 Å². The lowest BCUT2D eigenvalue weighted by molar-refractivity contribution is -0.111. The molecule has 3 rings (SSSR count). The van der Waals surface area contributed by atoms with Gasteiger partial charge in [-0.05, 0) is 35.3 Å². The van der Waals surface area contributed by atoms with Gasteiger partial charge in [0.15, 0.2) is 0 Å². The van der Waals surface area contributed by atoms with E-state index in [9.17, 15) is 4.79 Å². The minimum atomic E-state index is -0.146. The Bertz CT molecular complexity index is 874. The molecule has 0 bridgehead atoms. The molecule has 0 fully saturated rings. The summed E-state index contributed by atoms with van der Waals surface area (Å²) < 4.78 is 0. The van der Waals surface area contributed by atoms with Crippen LogP contribution in [-0.4, -0.2) is 10.9 Å². The molecule has 3 nitrogen and oxygen atoms in total. The van der Waals surface area contributed by atoms with Gasteiger partial charge in [0.05, 0.1) is 0 Å². The van der Waals surface area contributed by atoms with Crippen LogP contribution in [0, 0.1) is 0 Å². The van der Waals surface area contributed by atoms with Gasteiger partial charge in [0, 0.05) is 34.9 Å². The van der Waals surface area contributed by atoms with Crippen LogP contribution >= 0.6 is 0 Å². The van der Waals surface area contributed by atoms with Crippen LogP contribution in [0.5, 0.6) is 0 Å². The van der Waals surface area contributed by atoms with E-state index in [1.54, 1.807) is 18.5 Å². The molecule has 0 unspecified atom stereocenters. The molecule has 2 aromatic carbocycles. The minimum Gasteiger partial charge on any atom is -0.322 e. The molecule has 0 spiro atoms. The molecule has 0 atom stereocenters. The third-order valence-corrected chi connectivity index (χ3v) is 3.97. The van der Waals surface area contributed by atoms with Crippen molar-refractivity contribution in [2.45, 2.75) is 19.8 Å². The number of aromatic nitrogens is 1. The second kappa shape index (κ2) is 7.09. The molecule has 0 saturated heterocycles.